The summed E-state index contributed by atoms with van der Waals surface area (Å²) in [6.07, 6.45) is 1.69. The Labute approximate surface area is 216 Å². The number of hydrogen-bond donors (Lipinski definition) is 1. The van der Waals surface area contributed by atoms with E-state index >= 15 is 0 Å². The minimum Gasteiger partial charge on any atom is -0.507 e. The number of hydrogen-bond acceptors (Lipinski definition) is 5. The maximum absolute atomic E-state index is 13.4. The first-order chi connectivity index (χ1) is 17.7. The highest BCUT2D eigenvalue weighted by atomic mass is 16.5. The summed E-state index contributed by atoms with van der Waals surface area (Å²) < 4.78 is 5.69. The van der Waals surface area contributed by atoms with Gasteiger partial charge in [-0.05, 0) is 77.4 Å². The summed E-state index contributed by atoms with van der Waals surface area (Å²) in [5, 5.41) is 20.7. The van der Waals surface area contributed by atoms with Crippen LogP contribution < -0.4 is 9.64 Å². The number of rotatable bonds is 3. The van der Waals surface area contributed by atoms with Gasteiger partial charge < -0.3 is 9.84 Å². The Balaban J connectivity index is 1.67. The summed E-state index contributed by atoms with van der Waals surface area (Å²) in [6.45, 7) is 7.00. The third-order valence-electron chi connectivity index (χ3n) is 6.99. The zero-order valence-electron chi connectivity index (χ0n) is 21.1. The first-order valence-electron chi connectivity index (χ1n) is 12.4. The lowest BCUT2D eigenvalue weighted by Gasteiger charge is -2.27. The summed E-state index contributed by atoms with van der Waals surface area (Å²) in [7, 11) is 0. The number of anilines is 1. The molecule has 0 bridgehead atoms. The molecule has 2 aliphatic heterocycles. The molecule has 6 nitrogen and oxygen atoms in total. The van der Waals surface area contributed by atoms with E-state index in [0.717, 1.165) is 29.7 Å². The first kappa shape index (κ1) is 24.3. The van der Waals surface area contributed by atoms with Crippen molar-refractivity contribution in [1.82, 2.24) is 0 Å². The number of fused-ring (bicyclic) bond motifs is 1. The van der Waals surface area contributed by atoms with Crippen LogP contribution in [-0.4, -0.2) is 23.4 Å². The van der Waals surface area contributed by atoms with Gasteiger partial charge in [0.2, 0.25) is 0 Å². The van der Waals surface area contributed by atoms with Crippen LogP contribution in [0.25, 0.3) is 5.76 Å². The minimum atomic E-state index is -0.825. The molecule has 2 aliphatic rings. The predicted molar refractivity (Wildman–Crippen MR) is 141 cm³/mol. The number of carbonyl (C=O) groups is 2. The SMILES string of the molecule is CC(C)(C)c1ccc(C2/C(=C(/O)c3ccc4c(c3)CCCO4)C(=O)C(=O)N2c2ccc(C#N)cc2)cc1. The van der Waals surface area contributed by atoms with Gasteiger partial charge in [-0.3, -0.25) is 14.5 Å². The van der Waals surface area contributed by atoms with Crippen LogP contribution >= 0.6 is 0 Å². The summed E-state index contributed by atoms with van der Waals surface area (Å²) in [5.74, 6) is -0.916. The summed E-state index contributed by atoms with van der Waals surface area (Å²) >= 11 is 0. The van der Waals surface area contributed by atoms with E-state index in [1.54, 1.807) is 36.4 Å². The van der Waals surface area contributed by atoms with Gasteiger partial charge >= 0.3 is 0 Å². The number of aliphatic hydroxyl groups excluding tert-OH is 1. The van der Waals surface area contributed by atoms with E-state index in [1.165, 1.54) is 4.90 Å². The van der Waals surface area contributed by atoms with Gasteiger partial charge in [-0.1, -0.05) is 45.0 Å². The Kier molecular flexibility index (Phi) is 6.08. The van der Waals surface area contributed by atoms with E-state index in [4.69, 9.17) is 4.74 Å². The average molecular weight is 493 g/mol. The fourth-order valence-electron chi connectivity index (χ4n) is 4.94. The molecular weight excluding hydrogens is 464 g/mol. The molecule has 6 heteroatoms. The maximum Gasteiger partial charge on any atom is 0.300 e. The molecule has 2 heterocycles. The molecule has 1 N–H and O–H groups in total. The summed E-state index contributed by atoms with van der Waals surface area (Å²) in [4.78, 5) is 28.2. The highest BCUT2D eigenvalue weighted by Crippen LogP contribution is 2.43. The molecule has 186 valence electrons. The number of ketones is 1. The lowest BCUT2D eigenvalue weighted by molar-refractivity contribution is -0.132. The Morgan fingerprint density at radius 1 is 1.03 bits per heavy atom. The van der Waals surface area contributed by atoms with Crippen LogP contribution in [0, 0.1) is 11.3 Å². The second-order valence-electron chi connectivity index (χ2n) is 10.5. The molecule has 3 aromatic rings. The molecule has 37 heavy (non-hydrogen) atoms. The van der Waals surface area contributed by atoms with Gasteiger partial charge in [-0.2, -0.15) is 5.26 Å². The average Bonchev–Trinajstić information content (AvgIpc) is 3.17. The molecule has 3 aromatic carbocycles. The number of aryl methyl sites for hydroxylation is 1. The Hall–Kier alpha value is -4.37. The molecule has 0 aromatic heterocycles. The van der Waals surface area contributed by atoms with Crippen LogP contribution in [0.5, 0.6) is 5.75 Å². The van der Waals surface area contributed by atoms with E-state index in [0.29, 0.717) is 29.0 Å². The number of Topliss-reactive ketones (excluding diaryl/α,β-unsaturated/α-hetero) is 1. The fourth-order valence-corrected chi connectivity index (χ4v) is 4.94. The van der Waals surface area contributed by atoms with Crippen LogP contribution in [0.1, 0.15) is 61.1 Å². The van der Waals surface area contributed by atoms with Gasteiger partial charge in [0.25, 0.3) is 11.7 Å². The minimum absolute atomic E-state index is 0.0366. The van der Waals surface area contributed by atoms with Gasteiger partial charge in [0.05, 0.1) is 29.9 Å². The van der Waals surface area contributed by atoms with Crippen LogP contribution in [0.3, 0.4) is 0 Å². The van der Waals surface area contributed by atoms with Crippen molar-refractivity contribution in [2.45, 2.75) is 45.1 Å². The zero-order valence-corrected chi connectivity index (χ0v) is 21.1. The molecular formula is C31H28N2O4. The van der Waals surface area contributed by atoms with Crippen molar-refractivity contribution in [3.05, 3.63) is 100 Å². The Morgan fingerprint density at radius 3 is 2.38 bits per heavy atom. The third-order valence-corrected chi connectivity index (χ3v) is 6.99. The molecule has 0 spiro atoms. The van der Waals surface area contributed by atoms with Crippen LogP contribution in [-0.2, 0) is 21.4 Å². The van der Waals surface area contributed by atoms with Gasteiger partial charge in [-0.25, -0.2) is 0 Å². The van der Waals surface area contributed by atoms with Crippen molar-refractivity contribution in [2.24, 2.45) is 0 Å². The summed E-state index contributed by atoms with van der Waals surface area (Å²) in [5.41, 5.74) is 4.14. The van der Waals surface area contributed by atoms with E-state index in [2.05, 4.69) is 26.8 Å². The highest BCUT2D eigenvalue weighted by molar-refractivity contribution is 6.51. The topological polar surface area (TPSA) is 90.6 Å². The number of carbonyl (C=O) groups excluding carboxylic acids is 2. The van der Waals surface area contributed by atoms with Gasteiger partial charge in [0, 0.05) is 11.3 Å². The fraction of sp³-hybridized carbons (Fsp3) is 0.258. The number of nitriles is 1. The highest BCUT2D eigenvalue weighted by Gasteiger charge is 2.47. The van der Waals surface area contributed by atoms with E-state index in [1.807, 2.05) is 30.3 Å². The number of ether oxygens (including phenoxy) is 1. The first-order valence-corrected chi connectivity index (χ1v) is 12.4. The standard InChI is InChI=1S/C31H28N2O4/c1-31(2,3)23-11-8-20(9-12-23)27-26(28(34)22-10-15-25-21(17-22)5-4-16-37-25)29(35)30(36)33(27)24-13-6-19(18-32)7-14-24/h6-15,17,27,34H,4-5,16H2,1-3H3/b28-26-. The number of nitrogens with zero attached hydrogens (tertiary/aromatic N) is 2. The number of benzene rings is 3. The second-order valence-corrected chi connectivity index (χ2v) is 10.5. The molecule has 0 aliphatic carbocycles. The smallest absolute Gasteiger partial charge is 0.300 e. The van der Waals surface area contributed by atoms with Gasteiger partial charge in [0.15, 0.2) is 0 Å². The van der Waals surface area contributed by atoms with E-state index < -0.39 is 17.7 Å². The van der Waals surface area contributed by atoms with Crippen molar-refractivity contribution in [1.29, 1.82) is 5.26 Å². The maximum atomic E-state index is 13.4. The normalized spacial score (nSPS) is 18.8. The van der Waals surface area contributed by atoms with E-state index in [9.17, 15) is 20.0 Å². The van der Waals surface area contributed by atoms with Crippen molar-refractivity contribution >= 4 is 23.1 Å². The molecule has 0 radical (unpaired) electrons. The van der Waals surface area contributed by atoms with Crippen molar-refractivity contribution in [2.75, 3.05) is 11.5 Å². The molecule has 1 unspecified atom stereocenters. The quantitative estimate of drug-likeness (QED) is 0.283. The molecule has 1 fully saturated rings. The number of amides is 1. The van der Waals surface area contributed by atoms with Crippen molar-refractivity contribution < 1.29 is 19.4 Å². The molecule has 0 saturated carbocycles. The largest absolute Gasteiger partial charge is 0.507 e. The van der Waals surface area contributed by atoms with Crippen molar-refractivity contribution in [3.63, 3.8) is 0 Å². The van der Waals surface area contributed by atoms with Crippen molar-refractivity contribution in [3.8, 4) is 11.8 Å². The Morgan fingerprint density at radius 2 is 1.73 bits per heavy atom. The summed E-state index contributed by atoms with van der Waals surface area (Å²) in [6, 6.07) is 20.9. The lowest BCUT2D eigenvalue weighted by Crippen LogP contribution is -2.29. The van der Waals surface area contributed by atoms with Gasteiger partial charge in [-0.15, -0.1) is 0 Å². The second kappa shape index (κ2) is 9.25. The number of aliphatic hydroxyl groups is 1. The van der Waals surface area contributed by atoms with Crippen LogP contribution in [0.2, 0.25) is 0 Å². The van der Waals surface area contributed by atoms with E-state index in [-0.39, 0.29) is 16.7 Å². The third kappa shape index (κ3) is 4.38. The lowest BCUT2D eigenvalue weighted by atomic mass is 9.85. The Bertz CT molecular complexity index is 1460. The molecule has 1 amide bonds. The van der Waals surface area contributed by atoms with Crippen LogP contribution in [0.15, 0.2) is 72.3 Å². The molecule has 5 rings (SSSR count). The van der Waals surface area contributed by atoms with Gasteiger partial charge in [0.1, 0.15) is 11.5 Å². The monoisotopic (exact) mass is 492 g/mol. The zero-order chi connectivity index (χ0) is 26.3. The molecule has 1 atom stereocenters. The van der Waals surface area contributed by atoms with Crippen LogP contribution in [0.4, 0.5) is 5.69 Å². The molecule has 1 saturated heterocycles. The predicted octanol–water partition coefficient (Wildman–Crippen LogP) is 5.81.